The molecule has 0 fully saturated rings. The van der Waals surface area contributed by atoms with Crippen LogP contribution in [0.1, 0.15) is 20.3 Å². The van der Waals surface area contributed by atoms with Crippen molar-refractivity contribution < 1.29 is 14.3 Å². The highest BCUT2D eigenvalue weighted by atomic mass is 16.5. The molecule has 0 bridgehead atoms. The lowest BCUT2D eigenvalue weighted by atomic mass is 10.3. The summed E-state index contributed by atoms with van der Waals surface area (Å²) in [6.07, 6.45) is 2.41. The van der Waals surface area contributed by atoms with E-state index in [0.29, 0.717) is 26.4 Å². The van der Waals surface area contributed by atoms with Gasteiger partial charge < -0.3 is 14.8 Å². The van der Waals surface area contributed by atoms with Gasteiger partial charge in [0.15, 0.2) is 0 Å². The van der Waals surface area contributed by atoms with Crippen LogP contribution in [0, 0.1) is 0 Å². The van der Waals surface area contributed by atoms with Crippen LogP contribution >= 0.6 is 0 Å². The summed E-state index contributed by atoms with van der Waals surface area (Å²) in [5, 5.41) is 2.78. The van der Waals surface area contributed by atoms with E-state index < -0.39 is 0 Å². The Hall–Kier alpha value is -0.870. The maximum Gasteiger partial charge on any atom is 0.243 e. The highest BCUT2D eigenvalue weighted by molar-refractivity contribution is 5.87. The zero-order chi connectivity index (χ0) is 11.5. The highest BCUT2D eigenvalue weighted by Gasteiger charge is 1.95. The van der Waals surface area contributed by atoms with Crippen LogP contribution in [0.15, 0.2) is 11.6 Å². The van der Waals surface area contributed by atoms with Crippen molar-refractivity contribution in [3.8, 4) is 0 Å². The summed E-state index contributed by atoms with van der Waals surface area (Å²) in [6.45, 7) is 6.32. The molecule has 1 amide bonds. The fourth-order valence-corrected chi connectivity index (χ4v) is 0.943. The molecule has 0 atom stereocenters. The van der Waals surface area contributed by atoms with Gasteiger partial charge in [-0.15, -0.1) is 0 Å². The van der Waals surface area contributed by atoms with Crippen molar-refractivity contribution >= 4 is 5.91 Å². The van der Waals surface area contributed by atoms with E-state index in [2.05, 4.69) is 5.32 Å². The average Bonchev–Trinajstić information content (AvgIpc) is 2.15. The van der Waals surface area contributed by atoms with E-state index in [0.717, 1.165) is 12.0 Å². The van der Waals surface area contributed by atoms with Gasteiger partial charge in [0.1, 0.15) is 0 Å². The molecule has 1 N–H and O–H groups in total. The molecule has 0 aromatic heterocycles. The van der Waals surface area contributed by atoms with Crippen LogP contribution in [0.2, 0.25) is 0 Å². The van der Waals surface area contributed by atoms with Crippen molar-refractivity contribution in [3.63, 3.8) is 0 Å². The maximum absolute atomic E-state index is 11.1. The van der Waals surface area contributed by atoms with E-state index >= 15 is 0 Å². The SMILES string of the molecule is COCCOCCCNC(=O)C=C(C)C. The van der Waals surface area contributed by atoms with E-state index in [4.69, 9.17) is 9.47 Å². The third-order valence-corrected chi connectivity index (χ3v) is 1.62. The van der Waals surface area contributed by atoms with Crippen molar-refractivity contribution in [1.29, 1.82) is 0 Å². The van der Waals surface area contributed by atoms with E-state index in [1.54, 1.807) is 13.2 Å². The monoisotopic (exact) mass is 215 g/mol. The van der Waals surface area contributed by atoms with Gasteiger partial charge in [0, 0.05) is 26.3 Å². The average molecular weight is 215 g/mol. The summed E-state index contributed by atoms with van der Waals surface area (Å²) < 4.78 is 10.1. The number of hydrogen-bond acceptors (Lipinski definition) is 3. The quantitative estimate of drug-likeness (QED) is 0.487. The Kier molecular flexibility index (Phi) is 9.11. The summed E-state index contributed by atoms with van der Waals surface area (Å²) in [5.41, 5.74) is 1.00. The molecule has 15 heavy (non-hydrogen) atoms. The second-order valence-corrected chi connectivity index (χ2v) is 3.47. The number of carbonyl (C=O) groups excluding carboxylic acids is 1. The molecule has 0 aliphatic heterocycles. The Morgan fingerprint density at radius 2 is 2.00 bits per heavy atom. The van der Waals surface area contributed by atoms with Gasteiger partial charge in [-0.3, -0.25) is 4.79 Å². The minimum Gasteiger partial charge on any atom is -0.382 e. The summed E-state index contributed by atoms with van der Waals surface area (Å²) in [7, 11) is 1.64. The predicted molar refractivity (Wildman–Crippen MR) is 59.8 cm³/mol. The zero-order valence-corrected chi connectivity index (χ0v) is 9.84. The zero-order valence-electron chi connectivity index (χ0n) is 9.84. The molecule has 4 heteroatoms. The summed E-state index contributed by atoms with van der Waals surface area (Å²) in [5.74, 6) is -0.0353. The number of amides is 1. The number of allylic oxidation sites excluding steroid dienone is 1. The van der Waals surface area contributed by atoms with Crippen LogP contribution in [-0.4, -0.2) is 39.4 Å². The van der Waals surface area contributed by atoms with Gasteiger partial charge in [-0.25, -0.2) is 0 Å². The Balaban J connectivity index is 3.24. The molecule has 4 nitrogen and oxygen atoms in total. The van der Waals surface area contributed by atoms with Gasteiger partial charge in [0.25, 0.3) is 0 Å². The lowest BCUT2D eigenvalue weighted by Crippen LogP contribution is -2.23. The van der Waals surface area contributed by atoms with Crippen LogP contribution in [0.5, 0.6) is 0 Å². The highest BCUT2D eigenvalue weighted by Crippen LogP contribution is 1.87. The van der Waals surface area contributed by atoms with E-state index in [1.807, 2.05) is 13.8 Å². The fraction of sp³-hybridized carbons (Fsp3) is 0.727. The number of hydrogen-bond donors (Lipinski definition) is 1. The molecule has 0 rings (SSSR count). The van der Waals surface area contributed by atoms with Gasteiger partial charge in [-0.05, 0) is 20.3 Å². The first-order valence-corrected chi connectivity index (χ1v) is 5.16. The minimum absolute atomic E-state index is 0.0353. The topological polar surface area (TPSA) is 47.6 Å². The number of rotatable bonds is 8. The normalized spacial score (nSPS) is 9.80. The molecule has 0 radical (unpaired) electrons. The van der Waals surface area contributed by atoms with E-state index in [9.17, 15) is 4.79 Å². The summed E-state index contributed by atoms with van der Waals surface area (Å²) >= 11 is 0. The Labute approximate surface area is 91.6 Å². The van der Waals surface area contributed by atoms with Gasteiger partial charge in [-0.1, -0.05) is 5.57 Å². The second kappa shape index (κ2) is 9.68. The Bertz CT molecular complexity index is 198. The molecule has 0 aliphatic carbocycles. The molecule has 0 aromatic carbocycles. The van der Waals surface area contributed by atoms with Gasteiger partial charge in [0.2, 0.25) is 5.91 Å². The first-order chi connectivity index (χ1) is 7.16. The largest absolute Gasteiger partial charge is 0.382 e. The third-order valence-electron chi connectivity index (χ3n) is 1.62. The fourth-order valence-electron chi connectivity index (χ4n) is 0.943. The van der Waals surface area contributed by atoms with Crippen molar-refractivity contribution in [3.05, 3.63) is 11.6 Å². The molecule has 88 valence electrons. The van der Waals surface area contributed by atoms with Gasteiger partial charge in [-0.2, -0.15) is 0 Å². The standard InChI is InChI=1S/C11H21NO3/c1-10(2)9-11(13)12-5-4-6-15-8-7-14-3/h9H,4-8H2,1-3H3,(H,12,13). The minimum atomic E-state index is -0.0353. The van der Waals surface area contributed by atoms with Crippen molar-refractivity contribution in [1.82, 2.24) is 5.32 Å². The predicted octanol–water partition coefficient (Wildman–Crippen LogP) is 1.12. The third kappa shape index (κ3) is 11.1. The molecule has 0 unspecified atom stereocenters. The first kappa shape index (κ1) is 14.1. The lowest BCUT2D eigenvalue weighted by Gasteiger charge is -2.04. The molecule has 0 aromatic rings. The van der Waals surface area contributed by atoms with Crippen LogP contribution < -0.4 is 5.32 Å². The Morgan fingerprint density at radius 1 is 1.27 bits per heavy atom. The lowest BCUT2D eigenvalue weighted by molar-refractivity contribution is -0.116. The Morgan fingerprint density at radius 3 is 2.60 bits per heavy atom. The number of methoxy groups -OCH3 is 1. The molecule has 0 saturated heterocycles. The molecular formula is C11H21NO3. The number of ether oxygens (including phenoxy) is 2. The summed E-state index contributed by atoms with van der Waals surface area (Å²) in [6, 6.07) is 0. The van der Waals surface area contributed by atoms with Crippen molar-refractivity contribution in [2.24, 2.45) is 0 Å². The van der Waals surface area contributed by atoms with Gasteiger partial charge >= 0.3 is 0 Å². The smallest absolute Gasteiger partial charge is 0.243 e. The number of carbonyl (C=O) groups is 1. The number of nitrogens with one attached hydrogen (secondary N) is 1. The van der Waals surface area contributed by atoms with Crippen LogP contribution in [-0.2, 0) is 14.3 Å². The second-order valence-electron chi connectivity index (χ2n) is 3.47. The van der Waals surface area contributed by atoms with Crippen LogP contribution in [0.3, 0.4) is 0 Å². The molecule has 0 heterocycles. The van der Waals surface area contributed by atoms with Crippen molar-refractivity contribution in [2.45, 2.75) is 20.3 Å². The molecule has 0 spiro atoms. The first-order valence-electron chi connectivity index (χ1n) is 5.16. The molecule has 0 saturated carbocycles. The van der Waals surface area contributed by atoms with E-state index in [1.165, 1.54) is 0 Å². The maximum atomic E-state index is 11.1. The van der Waals surface area contributed by atoms with Crippen LogP contribution in [0.25, 0.3) is 0 Å². The van der Waals surface area contributed by atoms with Crippen molar-refractivity contribution in [2.75, 3.05) is 33.5 Å². The van der Waals surface area contributed by atoms with Gasteiger partial charge in [0.05, 0.1) is 13.2 Å². The van der Waals surface area contributed by atoms with E-state index in [-0.39, 0.29) is 5.91 Å². The molecular weight excluding hydrogens is 194 g/mol. The van der Waals surface area contributed by atoms with Crippen LogP contribution in [0.4, 0.5) is 0 Å². The molecule has 0 aliphatic rings. The summed E-state index contributed by atoms with van der Waals surface area (Å²) in [4.78, 5) is 11.1.